The number of carbonyl (C=O) groups is 3. The first-order chi connectivity index (χ1) is 16.9. The molecule has 0 bridgehead atoms. The summed E-state index contributed by atoms with van der Waals surface area (Å²) in [6.45, 7) is 5.65. The summed E-state index contributed by atoms with van der Waals surface area (Å²) >= 11 is 0. The number of rotatable bonds is 4. The minimum atomic E-state index is -5.24. The number of nitrogens with one attached hydrogen (secondary N) is 1. The molecule has 2 fully saturated rings. The zero-order valence-electron chi connectivity index (χ0n) is 19.8. The van der Waals surface area contributed by atoms with Crippen molar-refractivity contribution in [1.82, 2.24) is 20.2 Å². The fourth-order valence-corrected chi connectivity index (χ4v) is 3.95. The number of imide groups is 2. The van der Waals surface area contributed by atoms with Crippen molar-refractivity contribution in [3.63, 3.8) is 0 Å². The van der Waals surface area contributed by atoms with Crippen LogP contribution in [0.1, 0.15) is 35.3 Å². The Hall–Kier alpha value is -3.64. The first kappa shape index (κ1) is 25.5. The highest BCUT2D eigenvalue weighted by atomic mass is 19.4. The number of aryl methyl sites for hydroxylation is 2. The maximum Gasteiger partial charge on any atom is 0.421 e. The highest BCUT2D eigenvalue weighted by molar-refractivity contribution is 6.28. The molecule has 9 nitrogen and oxygen atoms in total. The van der Waals surface area contributed by atoms with Gasteiger partial charge in [-0.2, -0.15) is 13.2 Å². The summed E-state index contributed by atoms with van der Waals surface area (Å²) in [6.07, 6.45) is -0.838. The summed E-state index contributed by atoms with van der Waals surface area (Å²) in [6, 6.07) is 3.47. The lowest BCUT2D eigenvalue weighted by Crippen LogP contribution is -2.59. The molecule has 2 saturated heterocycles. The van der Waals surface area contributed by atoms with Gasteiger partial charge in [0.15, 0.2) is 5.82 Å². The predicted molar refractivity (Wildman–Crippen MR) is 123 cm³/mol. The standard InChI is InChI=1S/C24H24F3N5O4/c1-14-4-5-16(10-15(14)2)6-7-20(33)32-22(35)31(21(34)23(32,3)24(25,26)27)19-12-29-17(11-30-19)18-13-36-9-8-28-18/h4-7,10-12,18,28H,8-9,13H2,1-3H3/b7-6+. The van der Waals surface area contributed by atoms with Gasteiger partial charge in [-0.05, 0) is 43.5 Å². The van der Waals surface area contributed by atoms with Crippen LogP contribution < -0.4 is 10.2 Å². The summed E-state index contributed by atoms with van der Waals surface area (Å²) in [5, 5.41) is 3.15. The number of amides is 4. The lowest BCUT2D eigenvalue weighted by atomic mass is 9.99. The number of nitrogens with zero attached hydrogens (tertiary/aromatic N) is 4. The molecule has 0 aliphatic carbocycles. The molecule has 2 atom stereocenters. The van der Waals surface area contributed by atoms with Gasteiger partial charge in [0, 0.05) is 12.6 Å². The van der Waals surface area contributed by atoms with E-state index in [1.807, 2.05) is 13.8 Å². The number of halogens is 3. The topological polar surface area (TPSA) is 105 Å². The summed E-state index contributed by atoms with van der Waals surface area (Å²) in [5.41, 5.74) is -0.524. The van der Waals surface area contributed by atoms with Gasteiger partial charge in [-0.25, -0.2) is 19.6 Å². The summed E-state index contributed by atoms with van der Waals surface area (Å²) in [4.78, 5) is 47.3. The number of anilines is 1. The first-order valence-electron chi connectivity index (χ1n) is 11.1. The van der Waals surface area contributed by atoms with Crippen LogP contribution >= 0.6 is 0 Å². The molecule has 4 rings (SSSR count). The van der Waals surface area contributed by atoms with E-state index in [0.29, 0.717) is 37.9 Å². The Morgan fingerprint density at radius 3 is 2.53 bits per heavy atom. The lowest BCUT2D eigenvalue weighted by Gasteiger charge is -2.31. The quantitative estimate of drug-likeness (QED) is 0.505. The smallest absolute Gasteiger partial charge is 0.378 e. The van der Waals surface area contributed by atoms with E-state index in [1.165, 1.54) is 12.3 Å². The van der Waals surface area contributed by atoms with Gasteiger partial charge in [0.2, 0.25) is 5.54 Å². The Labute approximate surface area is 204 Å². The molecule has 0 radical (unpaired) electrons. The molecular weight excluding hydrogens is 479 g/mol. The van der Waals surface area contributed by atoms with Crippen LogP contribution in [0.3, 0.4) is 0 Å². The van der Waals surface area contributed by atoms with Gasteiger partial charge in [-0.15, -0.1) is 0 Å². The minimum Gasteiger partial charge on any atom is -0.378 e. The molecule has 2 unspecified atom stereocenters. The summed E-state index contributed by atoms with van der Waals surface area (Å²) in [7, 11) is 0. The Kier molecular flexibility index (Phi) is 6.67. The zero-order valence-corrected chi connectivity index (χ0v) is 19.8. The predicted octanol–water partition coefficient (Wildman–Crippen LogP) is 3.08. The molecule has 2 aliphatic heterocycles. The fraction of sp³-hybridized carbons (Fsp3) is 0.375. The second-order valence-electron chi connectivity index (χ2n) is 8.72. The van der Waals surface area contributed by atoms with Gasteiger partial charge in [0.05, 0.1) is 37.3 Å². The van der Waals surface area contributed by atoms with Crippen LogP contribution in [0.15, 0.2) is 36.7 Å². The number of urea groups is 1. The van der Waals surface area contributed by atoms with Gasteiger partial charge in [-0.3, -0.25) is 14.6 Å². The number of hydrogen-bond donors (Lipinski definition) is 1. The maximum absolute atomic E-state index is 14.2. The van der Waals surface area contributed by atoms with Crippen LogP contribution in [0.2, 0.25) is 0 Å². The second-order valence-corrected chi connectivity index (χ2v) is 8.72. The third kappa shape index (κ3) is 4.37. The largest absolute Gasteiger partial charge is 0.421 e. The summed E-state index contributed by atoms with van der Waals surface area (Å²) < 4.78 is 47.8. The molecule has 4 amide bonds. The SMILES string of the molecule is Cc1ccc(/C=C/C(=O)N2C(=O)N(c3cnc(C4COCCN4)cn3)C(=O)C2(C)C(F)(F)F)cc1C. The molecule has 0 spiro atoms. The lowest BCUT2D eigenvalue weighted by molar-refractivity contribution is -0.209. The maximum atomic E-state index is 14.2. The number of ether oxygens (including phenoxy) is 1. The molecule has 190 valence electrons. The average Bonchev–Trinajstić information content (AvgIpc) is 3.06. The van der Waals surface area contributed by atoms with Crippen molar-refractivity contribution >= 4 is 29.7 Å². The minimum absolute atomic E-state index is 0.0843. The average molecular weight is 503 g/mol. The van der Waals surface area contributed by atoms with E-state index >= 15 is 0 Å². The van der Waals surface area contributed by atoms with E-state index in [2.05, 4.69) is 15.3 Å². The molecule has 1 aromatic carbocycles. The number of benzene rings is 1. The van der Waals surface area contributed by atoms with Crippen LogP contribution in [0.25, 0.3) is 6.08 Å². The van der Waals surface area contributed by atoms with E-state index in [9.17, 15) is 27.6 Å². The van der Waals surface area contributed by atoms with E-state index in [1.54, 1.807) is 18.2 Å². The van der Waals surface area contributed by atoms with Crippen molar-refractivity contribution in [2.45, 2.75) is 38.5 Å². The van der Waals surface area contributed by atoms with E-state index in [-0.39, 0.29) is 15.8 Å². The summed E-state index contributed by atoms with van der Waals surface area (Å²) in [5.74, 6) is -3.36. The molecule has 12 heteroatoms. The third-order valence-corrected chi connectivity index (χ3v) is 6.34. The number of alkyl halides is 3. The van der Waals surface area contributed by atoms with Crippen LogP contribution in [-0.4, -0.2) is 64.2 Å². The highest BCUT2D eigenvalue weighted by Crippen LogP contribution is 2.43. The van der Waals surface area contributed by atoms with Crippen molar-refractivity contribution in [1.29, 1.82) is 0 Å². The van der Waals surface area contributed by atoms with E-state index < -0.39 is 35.4 Å². The van der Waals surface area contributed by atoms with Gasteiger partial charge in [0.25, 0.3) is 11.8 Å². The van der Waals surface area contributed by atoms with Crippen molar-refractivity contribution < 1.29 is 32.3 Å². The second kappa shape index (κ2) is 9.43. The Morgan fingerprint density at radius 2 is 1.94 bits per heavy atom. The van der Waals surface area contributed by atoms with Gasteiger partial charge in [0.1, 0.15) is 0 Å². The third-order valence-electron chi connectivity index (χ3n) is 6.34. The van der Waals surface area contributed by atoms with Gasteiger partial charge in [-0.1, -0.05) is 18.2 Å². The zero-order chi connectivity index (χ0) is 26.3. The number of hydrogen-bond acceptors (Lipinski definition) is 7. The molecule has 2 aromatic rings. The van der Waals surface area contributed by atoms with Crippen LogP contribution in [0, 0.1) is 13.8 Å². The molecule has 2 aliphatic rings. The Balaban J connectivity index is 1.65. The molecular formula is C24H24F3N5O4. The number of aromatic nitrogens is 2. The monoisotopic (exact) mass is 503 g/mol. The van der Waals surface area contributed by atoms with Crippen LogP contribution in [0.4, 0.5) is 23.8 Å². The van der Waals surface area contributed by atoms with Crippen LogP contribution in [-0.2, 0) is 14.3 Å². The van der Waals surface area contributed by atoms with Gasteiger partial charge >= 0.3 is 12.2 Å². The molecule has 0 saturated carbocycles. The van der Waals surface area contributed by atoms with Crippen molar-refractivity contribution in [2.24, 2.45) is 0 Å². The highest BCUT2D eigenvalue weighted by Gasteiger charge is 2.71. The molecule has 3 heterocycles. The first-order valence-corrected chi connectivity index (χ1v) is 11.1. The Bertz CT molecular complexity index is 1230. The molecule has 1 N–H and O–H groups in total. The number of carbonyl (C=O) groups excluding carboxylic acids is 3. The molecule has 36 heavy (non-hydrogen) atoms. The Morgan fingerprint density at radius 1 is 1.19 bits per heavy atom. The van der Waals surface area contributed by atoms with E-state index in [0.717, 1.165) is 23.4 Å². The van der Waals surface area contributed by atoms with Gasteiger partial charge < -0.3 is 10.1 Å². The van der Waals surface area contributed by atoms with Crippen molar-refractivity contribution in [3.8, 4) is 0 Å². The van der Waals surface area contributed by atoms with E-state index in [4.69, 9.17) is 4.74 Å². The van der Waals surface area contributed by atoms with Crippen molar-refractivity contribution in [2.75, 3.05) is 24.7 Å². The normalized spacial score (nSPS) is 23.1. The van der Waals surface area contributed by atoms with Crippen molar-refractivity contribution in [3.05, 3.63) is 59.1 Å². The number of morpholine rings is 1. The van der Waals surface area contributed by atoms with Crippen LogP contribution in [0.5, 0.6) is 0 Å². The molecule has 1 aromatic heterocycles. The fourth-order valence-electron chi connectivity index (χ4n) is 3.95.